The topological polar surface area (TPSA) is 21.3 Å². The minimum Gasteiger partial charge on any atom is -0.383 e. The molecular weight excluding hydrogens is 222 g/mol. The summed E-state index contributed by atoms with van der Waals surface area (Å²) >= 11 is 0. The molecular formula is C16H25NO. The molecule has 18 heavy (non-hydrogen) atoms. The van der Waals surface area contributed by atoms with Crippen LogP contribution in [0, 0.1) is 13.8 Å². The van der Waals surface area contributed by atoms with Gasteiger partial charge in [0.25, 0.3) is 0 Å². The lowest BCUT2D eigenvalue weighted by Crippen LogP contribution is -2.19. The lowest BCUT2D eigenvalue weighted by molar-refractivity contribution is 0.199. The van der Waals surface area contributed by atoms with Crippen molar-refractivity contribution in [2.24, 2.45) is 0 Å². The Morgan fingerprint density at radius 1 is 1.28 bits per heavy atom. The molecule has 100 valence electrons. The Kier molecular flexibility index (Phi) is 6.69. The van der Waals surface area contributed by atoms with E-state index in [1.807, 2.05) is 0 Å². The Labute approximate surface area is 111 Å². The van der Waals surface area contributed by atoms with Gasteiger partial charge in [0, 0.05) is 13.7 Å². The van der Waals surface area contributed by atoms with Crippen molar-refractivity contribution < 1.29 is 4.74 Å². The SMILES string of the molecule is COCCNCCC=C(C)c1cccc(C)c1C. The van der Waals surface area contributed by atoms with Crippen molar-refractivity contribution in [1.82, 2.24) is 5.32 Å². The second-order valence-corrected chi connectivity index (χ2v) is 4.67. The van der Waals surface area contributed by atoms with Crippen molar-refractivity contribution in [3.63, 3.8) is 0 Å². The van der Waals surface area contributed by atoms with Crippen LogP contribution in [0.5, 0.6) is 0 Å². The lowest BCUT2D eigenvalue weighted by atomic mass is 9.97. The molecule has 0 unspecified atom stereocenters. The Bertz CT molecular complexity index is 396. The molecule has 2 nitrogen and oxygen atoms in total. The fourth-order valence-corrected chi connectivity index (χ4v) is 1.98. The molecule has 0 bridgehead atoms. The highest BCUT2D eigenvalue weighted by molar-refractivity contribution is 5.67. The monoisotopic (exact) mass is 247 g/mol. The number of benzene rings is 1. The first-order valence-electron chi connectivity index (χ1n) is 6.59. The van der Waals surface area contributed by atoms with E-state index >= 15 is 0 Å². The second kappa shape index (κ2) is 8.06. The average molecular weight is 247 g/mol. The molecule has 0 heterocycles. The molecule has 0 fully saturated rings. The fraction of sp³-hybridized carbons (Fsp3) is 0.500. The molecule has 0 aliphatic heterocycles. The van der Waals surface area contributed by atoms with Crippen LogP contribution >= 0.6 is 0 Å². The van der Waals surface area contributed by atoms with Gasteiger partial charge in [0.15, 0.2) is 0 Å². The molecule has 0 saturated carbocycles. The van der Waals surface area contributed by atoms with E-state index in [1.54, 1.807) is 7.11 Å². The summed E-state index contributed by atoms with van der Waals surface area (Å²) in [4.78, 5) is 0. The summed E-state index contributed by atoms with van der Waals surface area (Å²) < 4.78 is 4.99. The summed E-state index contributed by atoms with van der Waals surface area (Å²) in [5, 5.41) is 3.35. The van der Waals surface area contributed by atoms with E-state index in [9.17, 15) is 0 Å². The standard InChI is InChI=1S/C16H25NO/c1-13-7-5-9-16(15(13)3)14(2)8-6-10-17-11-12-18-4/h5,7-9,17H,6,10-12H2,1-4H3. The van der Waals surface area contributed by atoms with Gasteiger partial charge in [0.2, 0.25) is 0 Å². The Balaban J connectivity index is 2.48. The van der Waals surface area contributed by atoms with E-state index in [-0.39, 0.29) is 0 Å². The summed E-state index contributed by atoms with van der Waals surface area (Å²) in [6.45, 7) is 9.26. The van der Waals surface area contributed by atoms with Crippen LogP contribution in [-0.4, -0.2) is 26.8 Å². The quantitative estimate of drug-likeness (QED) is 0.746. The molecule has 0 saturated heterocycles. The molecule has 0 aromatic heterocycles. The minimum absolute atomic E-state index is 0.777. The second-order valence-electron chi connectivity index (χ2n) is 4.67. The maximum Gasteiger partial charge on any atom is 0.0587 e. The van der Waals surface area contributed by atoms with Crippen LogP contribution in [0.3, 0.4) is 0 Å². The zero-order chi connectivity index (χ0) is 13.4. The summed E-state index contributed by atoms with van der Waals surface area (Å²) in [5.41, 5.74) is 5.48. The zero-order valence-corrected chi connectivity index (χ0v) is 12.0. The molecule has 1 rings (SSSR count). The van der Waals surface area contributed by atoms with Crippen molar-refractivity contribution in [2.75, 3.05) is 26.8 Å². The molecule has 1 N–H and O–H groups in total. The first-order valence-corrected chi connectivity index (χ1v) is 6.59. The summed E-state index contributed by atoms with van der Waals surface area (Å²) in [5.74, 6) is 0. The van der Waals surface area contributed by atoms with Gasteiger partial charge in [-0.05, 0) is 56.0 Å². The third kappa shape index (κ3) is 4.63. The highest BCUT2D eigenvalue weighted by atomic mass is 16.5. The number of aryl methyl sites for hydroxylation is 1. The summed E-state index contributed by atoms with van der Waals surface area (Å²) in [6, 6.07) is 6.50. The van der Waals surface area contributed by atoms with Gasteiger partial charge in [-0.2, -0.15) is 0 Å². The van der Waals surface area contributed by atoms with Crippen LogP contribution in [0.15, 0.2) is 24.3 Å². The average Bonchev–Trinajstić information content (AvgIpc) is 2.36. The van der Waals surface area contributed by atoms with Crippen LogP contribution in [0.2, 0.25) is 0 Å². The molecule has 0 atom stereocenters. The smallest absolute Gasteiger partial charge is 0.0587 e. The molecule has 0 radical (unpaired) electrons. The van der Waals surface area contributed by atoms with Crippen molar-refractivity contribution in [2.45, 2.75) is 27.2 Å². The molecule has 0 spiro atoms. The third-order valence-electron chi connectivity index (χ3n) is 3.28. The molecule has 0 amide bonds. The van der Waals surface area contributed by atoms with Crippen LogP contribution in [0.25, 0.3) is 5.57 Å². The molecule has 0 aliphatic rings. The van der Waals surface area contributed by atoms with Gasteiger partial charge < -0.3 is 10.1 Å². The number of allylic oxidation sites excluding steroid dienone is 1. The largest absolute Gasteiger partial charge is 0.383 e. The van der Waals surface area contributed by atoms with E-state index in [2.05, 4.69) is 50.4 Å². The lowest BCUT2D eigenvalue weighted by Gasteiger charge is -2.09. The van der Waals surface area contributed by atoms with Gasteiger partial charge in [-0.3, -0.25) is 0 Å². The number of ether oxygens (including phenoxy) is 1. The van der Waals surface area contributed by atoms with Gasteiger partial charge in [-0.15, -0.1) is 0 Å². The van der Waals surface area contributed by atoms with Crippen molar-refractivity contribution >= 4 is 5.57 Å². The van der Waals surface area contributed by atoms with Gasteiger partial charge in [-0.25, -0.2) is 0 Å². The molecule has 0 aliphatic carbocycles. The van der Waals surface area contributed by atoms with Crippen molar-refractivity contribution in [3.05, 3.63) is 41.0 Å². The first kappa shape index (κ1) is 14.9. The Hall–Kier alpha value is -1.12. The van der Waals surface area contributed by atoms with Crippen molar-refractivity contribution in [3.8, 4) is 0 Å². The number of rotatable bonds is 7. The summed E-state index contributed by atoms with van der Waals surface area (Å²) in [6.07, 6.45) is 3.37. The van der Waals surface area contributed by atoms with E-state index in [1.165, 1.54) is 22.3 Å². The summed E-state index contributed by atoms with van der Waals surface area (Å²) in [7, 11) is 1.73. The molecule has 1 aromatic rings. The van der Waals surface area contributed by atoms with Gasteiger partial charge in [0.05, 0.1) is 6.61 Å². The zero-order valence-electron chi connectivity index (χ0n) is 12.0. The normalized spacial score (nSPS) is 11.9. The molecule has 1 aromatic carbocycles. The maximum absolute atomic E-state index is 4.99. The highest BCUT2D eigenvalue weighted by Gasteiger charge is 2.01. The molecule has 2 heteroatoms. The van der Waals surface area contributed by atoms with Crippen LogP contribution in [-0.2, 0) is 4.74 Å². The third-order valence-corrected chi connectivity index (χ3v) is 3.28. The Morgan fingerprint density at radius 3 is 2.78 bits per heavy atom. The van der Waals surface area contributed by atoms with E-state index in [4.69, 9.17) is 4.74 Å². The maximum atomic E-state index is 4.99. The predicted molar refractivity (Wildman–Crippen MR) is 78.9 cm³/mol. The number of hydrogen-bond acceptors (Lipinski definition) is 2. The van der Waals surface area contributed by atoms with Gasteiger partial charge >= 0.3 is 0 Å². The number of methoxy groups -OCH3 is 1. The fourth-order valence-electron chi connectivity index (χ4n) is 1.98. The van der Waals surface area contributed by atoms with E-state index < -0.39 is 0 Å². The minimum atomic E-state index is 0.777. The van der Waals surface area contributed by atoms with Crippen LogP contribution < -0.4 is 5.32 Å². The number of nitrogens with one attached hydrogen (secondary N) is 1. The first-order chi connectivity index (χ1) is 8.66. The van der Waals surface area contributed by atoms with E-state index in [0.29, 0.717) is 0 Å². The van der Waals surface area contributed by atoms with Gasteiger partial charge in [-0.1, -0.05) is 24.3 Å². The predicted octanol–water partition coefficient (Wildman–Crippen LogP) is 3.33. The van der Waals surface area contributed by atoms with Crippen LogP contribution in [0.1, 0.15) is 30.0 Å². The number of hydrogen-bond donors (Lipinski definition) is 1. The van der Waals surface area contributed by atoms with Gasteiger partial charge in [0.1, 0.15) is 0 Å². The van der Waals surface area contributed by atoms with Crippen LogP contribution in [0.4, 0.5) is 0 Å². The Morgan fingerprint density at radius 2 is 2.06 bits per heavy atom. The van der Waals surface area contributed by atoms with Crippen molar-refractivity contribution in [1.29, 1.82) is 0 Å². The highest BCUT2D eigenvalue weighted by Crippen LogP contribution is 2.21. The van der Waals surface area contributed by atoms with E-state index in [0.717, 1.165) is 26.1 Å².